The number of fused-ring (bicyclic) bond motifs is 1. The predicted octanol–water partition coefficient (Wildman–Crippen LogP) is 3.88. The Balaban J connectivity index is 1.84. The summed E-state index contributed by atoms with van der Waals surface area (Å²) in [7, 11) is 0. The van der Waals surface area contributed by atoms with E-state index in [0.29, 0.717) is 24.7 Å². The zero-order valence-electron chi connectivity index (χ0n) is 15.3. The third kappa shape index (κ3) is 4.36. The Morgan fingerprint density at radius 2 is 1.85 bits per heavy atom. The van der Waals surface area contributed by atoms with Crippen molar-refractivity contribution in [2.75, 3.05) is 13.2 Å². The van der Waals surface area contributed by atoms with E-state index in [1.807, 2.05) is 32.0 Å². The van der Waals surface area contributed by atoms with Crippen molar-refractivity contribution in [2.45, 2.75) is 26.3 Å². The average molecular weight is 370 g/mol. The van der Waals surface area contributed by atoms with Gasteiger partial charge in [0, 0.05) is 24.1 Å². The lowest BCUT2D eigenvalue weighted by Gasteiger charge is -2.24. The van der Waals surface area contributed by atoms with Gasteiger partial charge in [0.25, 0.3) is 11.6 Å². The van der Waals surface area contributed by atoms with Crippen LogP contribution in [0, 0.1) is 16.0 Å². The fourth-order valence-corrected chi connectivity index (χ4v) is 2.99. The number of non-ortho nitro benzene ring substituents is 1. The standard InChI is InChI=1S/C20H22N2O5/c1-13(2)19(14-7-8-17-18(12-14)27-10-4-9-26-17)21-20(23)15-5-3-6-16(11-15)22(24)25/h3,5-8,11-13,19H,4,9-10H2,1-2H3,(H,21,23)/t19-/m1/s1. The molecule has 27 heavy (non-hydrogen) atoms. The number of nitrogens with one attached hydrogen (secondary N) is 1. The van der Waals surface area contributed by atoms with Gasteiger partial charge in [-0.1, -0.05) is 26.0 Å². The molecule has 0 aromatic heterocycles. The van der Waals surface area contributed by atoms with Crippen molar-refractivity contribution in [3.63, 3.8) is 0 Å². The first-order chi connectivity index (χ1) is 13.0. The van der Waals surface area contributed by atoms with Crippen molar-refractivity contribution < 1.29 is 19.2 Å². The highest BCUT2D eigenvalue weighted by molar-refractivity contribution is 5.95. The molecule has 1 aliphatic heterocycles. The van der Waals surface area contributed by atoms with E-state index in [0.717, 1.165) is 12.0 Å². The van der Waals surface area contributed by atoms with Gasteiger partial charge in [-0.25, -0.2) is 0 Å². The minimum Gasteiger partial charge on any atom is -0.490 e. The molecule has 142 valence electrons. The Kier molecular flexibility index (Phi) is 5.59. The summed E-state index contributed by atoms with van der Waals surface area (Å²) in [4.78, 5) is 23.1. The molecule has 7 heteroatoms. The van der Waals surface area contributed by atoms with Crippen molar-refractivity contribution in [1.82, 2.24) is 5.32 Å². The molecule has 0 fully saturated rings. The molecule has 3 rings (SSSR count). The van der Waals surface area contributed by atoms with Gasteiger partial charge < -0.3 is 14.8 Å². The molecular formula is C20H22N2O5. The first-order valence-electron chi connectivity index (χ1n) is 8.90. The summed E-state index contributed by atoms with van der Waals surface area (Å²) in [6.45, 7) is 5.20. The van der Waals surface area contributed by atoms with E-state index in [-0.39, 0.29) is 29.1 Å². The quantitative estimate of drug-likeness (QED) is 0.637. The topological polar surface area (TPSA) is 90.7 Å². The SMILES string of the molecule is CC(C)[C@@H](NC(=O)c1cccc([N+](=O)[O-])c1)c1ccc2c(c1)OCCCO2. The summed E-state index contributed by atoms with van der Waals surface area (Å²) in [5.74, 6) is 1.12. The zero-order chi connectivity index (χ0) is 19.4. The normalized spacial score (nSPS) is 14.3. The van der Waals surface area contributed by atoms with E-state index in [4.69, 9.17) is 9.47 Å². The highest BCUT2D eigenvalue weighted by Crippen LogP contribution is 2.34. The van der Waals surface area contributed by atoms with Crippen LogP contribution in [0.2, 0.25) is 0 Å². The van der Waals surface area contributed by atoms with Crippen LogP contribution in [0.5, 0.6) is 11.5 Å². The summed E-state index contributed by atoms with van der Waals surface area (Å²) in [5.41, 5.74) is 1.04. The lowest BCUT2D eigenvalue weighted by atomic mass is 9.95. The van der Waals surface area contributed by atoms with Crippen molar-refractivity contribution in [1.29, 1.82) is 0 Å². The Morgan fingerprint density at radius 1 is 1.11 bits per heavy atom. The molecule has 1 aliphatic rings. The first-order valence-corrected chi connectivity index (χ1v) is 8.90. The number of carbonyl (C=O) groups is 1. The van der Waals surface area contributed by atoms with Gasteiger partial charge in [0.2, 0.25) is 0 Å². The van der Waals surface area contributed by atoms with Gasteiger partial charge in [0.05, 0.1) is 24.2 Å². The Bertz CT molecular complexity index is 850. The van der Waals surface area contributed by atoms with Gasteiger partial charge in [-0.3, -0.25) is 14.9 Å². The number of nitrogens with zero attached hydrogens (tertiary/aromatic N) is 1. The van der Waals surface area contributed by atoms with Gasteiger partial charge in [0.1, 0.15) is 0 Å². The number of nitro benzene ring substituents is 1. The molecule has 0 spiro atoms. The molecule has 1 N–H and O–H groups in total. The van der Waals surface area contributed by atoms with E-state index >= 15 is 0 Å². The highest BCUT2D eigenvalue weighted by atomic mass is 16.6. The minimum absolute atomic E-state index is 0.109. The van der Waals surface area contributed by atoms with Crippen LogP contribution in [0.1, 0.15) is 42.2 Å². The van der Waals surface area contributed by atoms with Crippen molar-refractivity contribution in [2.24, 2.45) is 5.92 Å². The lowest BCUT2D eigenvalue weighted by Crippen LogP contribution is -2.31. The molecule has 1 heterocycles. The number of amides is 1. The molecule has 0 unspecified atom stereocenters. The summed E-state index contributed by atoms with van der Waals surface area (Å²) >= 11 is 0. The molecule has 2 aromatic carbocycles. The highest BCUT2D eigenvalue weighted by Gasteiger charge is 2.22. The molecule has 7 nitrogen and oxygen atoms in total. The van der Waals surface area contributed by atoms with E-state index in [1.165, 1.54) is 18.2 Å². The van der Waals surface area contributed by atoms with Gasteiger partial charge in [-0.2, -0.15) is 0 Å². The van der Waals surface area contributed by atoms with Crippen LogP contribution < -0.4 is 14.8 Å². The number of benzene rings is 2. The molecule has 0 bridgehead atoms. The molecular weight excluding hydrogens is 348 g/mol. The molecule has 1 atom stereocenters. The third-order valence-electron chi connectivity index (χ3n) is 4.40. The minimum atomic E-state index is -0.513. The van der Waals surface area contributed by atoms with Crippen LogP contribution in [-0.4, -0.2) is 24.0 Å². The average Bonchev–Trinajstić information content (AvgIpc) is 2.90. The van der Waals surface area contributed by atoms with E-state index in [1.54, 1.807) is 6.07 Å². The largest absolute Gasteiger partial charge is 0.490 e. The fourth-order valence-electron chi connectivity index (χ4n) is 2.99. The van der Waals surface area contributed by atoms with Crippen LogP contribution in [0.4, 0.5) is 5.69 Å². The second kappa shape index (κ2) is 8.07. The summed E-state index contributed by atoms with van der Waals surface area (Å²) < 4.78 is 11.4. The molecule has 0 saturated heterocycles. The zero-order valence-corrected chi connectivity index (χ0v) is 15.3. The molecule has 0 radical (unpaired) electrons. The number of hydrogen-bond acceptors (Lipinski definition) is 5. The number of rotatable bonds is 5. The molecule has 0 saturated carbocycles. The van der Waals surface area contributed by atoms with Gasteiger partial charge >= 0.3 is 0 Å². The summed E-state index contributed by atoms with van der Waals surface area (Å²) in [6, 6.07) is 11.1. The number of nitro groups is 1. The number of ether oxygens (including phenoxy) is 2. The van der Waals surface area contributed by atoms with E-state index in [2.05, 4.69) is 5.32 Å². The smallest absolute Gasteiger partial charge is 0.270 e. The lowest BCUT2D eigenvalue weighted by molar-refractivity contribution is -0.384. The Labute approximate surface area is 157 Å². The van der Waals surface area contributed by atoms with E-state index in [9.17, 15) is 14.9 Å². The third-order valence-corrected chi connectivity index (χ3v) is 4.40. The van der Waals surface area contributed by atoms with Crippen molar-refractivity contribution in [3.05, 3.63) is 63.7 Å². The Morgan fingerprint density at radius 3 is 2.56 bits per heavy atom. The van der Waals surface area contributed by atoms with Crippen LogP contribution in [-0.2, 0) is 0 Å². The van der Waals surface area contributed by atoms with Crippen molar-refractivity contribution >= 4 is 11.6 Å². The summed E-state index contributed by atoms with van der Waals surface area (Å²) in [6.07, 6.45) is 0.821. The monoisotopic (exact) mass is 370 g/mol. The van der Waals surface area contributed by atoms with Gasteiger partial charge in [0.15, 0.2) is 11.5 Å². The second-order valence-electron chi connectivity index (χ2n) is 6.76. The second-order valence-corrected chi connectivity index (χ2v) is 6.76. The summed E-state index contributed by atoms with van der Waals surface area (Å²) in [5, 5.41) is 13.9. The van der Waals surface area contributed by atoms with Gasteiger partial charge in [-0.05, 0) is 29.7 Å². The van der Waals surface area contributed by atoms with E-state index < -0.39 is 4.92 Å². The maximum atomic E-state index is 12.7. The molecule has 0 aliphatic carbocycles. The fraction of sp³-hybridized carbons (Fsp3) is 0.350. The maximum absolute atomic E-state index is 12.7. The first kappa shape index (κ1) is 18.7. The van der Waals surface area contributed by atoms with Crippen molar-refractivity contribution in [3.8, 4) is 11.5 Å². The van der Waals surface area contributed by atoms with Crippen LogP contribution >= 0.6 is 0 Å². The van der Waals surface area contributed by atoms with Gasteiger partial charge in [-0.15, -0.1) is 0 Å². The number of hydrogen-bond donors (Lipinski definition) is 1. The van der Waals surface area contributed by atoms with Crippen LogP contribution in [0.15, 0.2) is 42.5 Å². The van der Waals surface area contributed by atoms with Crippen LogP contribution in [0.25, 0.3) is 0 Å². The number of carbonyl (C=O) groups excluding carboxylic acids is 1. The predicted molar refractivity (Wildman–Crippen MR) is 100 cm³/mol. The van der Waals surface area contributed by atoms with Crippen LogP contribution in [0.3, 0.4) is 0 Å². The maximum Gasteiger partial charge on any atom is 0.270 e. The molecule has 1 amide bonds. The molecule has 2 aromatic rings. The Hall–Kier alpha value is -3.09.